The first-order chi connectivity index (χ1) is 17.0. The van der Waals surface area contributed by atoms with Crippen LogP contribution in [0.5, 0.6) is 0 Å². The molecule has 1 saturated heterocycles. The summed E-state index contributed by atoms with van der Waals surface area (Å²) < 4.78 is 98.6. The minimum Gasteiger partial charge on any atom is -0.473 e. The number of nitrogens with two attached hydrogens (primary N) is 1. The van der Waals surface area contributed by atoms with Crippen molar-refractivity contribution in [2.24, 2.45) is 5.73 Å². The summed E-state index contributed by atoms with van der Waals surface area (Å²) in [5, 5.41) is 18.7. The molecule has 2 aliphatic rings. The van der Waals surface area contributed by atoms with Gasteiger partial charge in [0, 0.05) is 42.5 Å². The molecule has 204 valence electrons. The number of halogens is 5. The molecule has 11 nitrogen and oxygen atoms in total. The van der Waals surface area contributed by atoms with E-state index in [9.17, 15) is 30.4 Å². The van der Waals surface area contributed by atoms with Gasteiger partial charge in [-0.2, -0.15) is 22.4 Å². The summed E-state index contributed by atoms with van der Waals surface area (Å²) in [5.74, 6) is -5.37. The Morgan fingerprint density at radius 2 is 1.78 bits per heavy atom. The van der Waals surface area contributed by atoms with Gasteiger partial charge >= 0.3 is 18.1 Å². The van der Waals surface area contributed by atoms with Gasteiger partial charge in [0.05, 0.1) is 11.9 Å². The van der Waals surface area contributed by atoms with Gasteiger partial charge in [-0.1, -0.05) is 0 Å². The molecule has 0 unspecified atom stereocenters. The summed E-state index contributed by atoms with van der Waals surface area (Å²) in [6.07, 6.45) is -6.53. The molecule has 0 bridgehead atoms. The van der Waals surface area contributed by atoms with Crippen molar-refractivity contribution in [3.05, 3.63) is 52.9 Å². The fourth-order valence-corrected chi connectivity index (χ4v) is 4.67. The monoisotopic (exact) mass is 556 g/mol. The van der Waals surface area contributed by atoms with Gasteiger partial charge in [-0.25, -0.2) is 26.8 Å². The zero-order valence-electron chi connectivity index (χ0n) is 18.9. The SMILES string of the molecule is CS(=O)(=O)n1cc2c(n1)CN([C@@H]1C[C@H](N)[C@@H](c3cc(F)ccc3F)O[C@@H]1C(F)(F)F)C2.O=C(O)C(=O)O. The van der Waals surface area contributed by atoms with Crippen molar-refractivity contribution in [1.29, 1.82) is 0 Å². The lowest BCUT2D eigenvalue weighted by Gasteiger charge is -2.44. The fourth-order valence-electron chi connectivity index (χ4n) is 4.10. The number of carboxylic acids is 2. The van der Waals surface area contributed by atoms with Crippen molar-refractivity contribution in [2.45, 2.75) is 50.0 Å². The van der Waals surface area contributed by atoms with E-state index in [1.165, 1.54) is 11.1 Å². The molecule has 4 atom stereocenters. The number of hydrogen-bond donors (Lipinski definition) is 3. The Bertz CT molecular complexity index is 1260. The average Bonchev–Trinajstić information content (AvgIpc) is 3.34. The Balaban J connectivity index is 0.000000568. The molecule has 17 heteroatoms. The van der Waals surface area contributed by atoms with Crippen molar-refractivity contribution < 1.29 is 54.9 Å². The van der Waals surface area contributed by atoms with Crippen LogP contribution in [0.15, 0.2) is 24.4 Å². The first-order valence-electron chi connectivity index (χ1n) is 10.4. The predicted octanol–water partition coefficient (Wildman–Crippen LogP) is 1.23. The van der Waals surface area contributed by atoms with Crippen molar-refractivity contribution >= 4 is 22.0 Å². The Hall–Kier alpha value is -3.15. The third-order valence-electron chi connectivity index (χ3n) is 5.71. The summed E-state index contributed by atoms with van der Waals surface area (Å²) in [7, 11) is -3.62. The fraction of sp³-hybridized carbons (Fsp3) is 0.450. The van der Waals surface area contributed by atoms with Gasteiger partial charge in [0.1, 0.15) is 17.7 Å². The molecule has 0 aliphatic carbocycles. The molecule has 4 rings (SSSR count). The number of alkyl halides is 3. The molecule has 0 amide bonds. The molecule has 3 heterocycles. The number of carboxylic acid groups (broad SMARTS) is 2. The number of aliphatic carboxylic acids is 2. The van der Waals surface area contributed by atoms with Gasteiger partial charge in [0.2, 0.25) is 0 Å². The highest BCUT2D eigenvalue weighted by Gasteiger charge is 2.54. The summed E-state index contributed by atoms with van der Waals surface area (Å²) in [6, 6.07) is 0.226. The number of rotatable bonds is 3. The Kier molecular flexibility index (Phi) is 7.92. The average molecular weight is 556 g/mol. The normalized spacial score (nSPS) is 24.2. The minimum atomic E-state index is -4.79. The van der Waals surface area contributed by atoms with Crippen molar-refractivity contribution in [3.8, 4) is 0 Å². The molecule has 1 fully saturated rings. The van der Waals surface area contributed by atoms with Crippen LogP contribution in [0.2, 0.25) is 0 Å². The highest BCUT2D eigenvalue weighted by atomic mass is 32.2. The van der Waals surface area contributed by atoms with Crippen LogP contribution in [-0.4, -0.2) is 75.3 Å². The number of carbonyl (C=O) groups is 2. The van der Waals surface area contributed by atoms with Crippen molar-refractivity contribution in [1.82, 2.24) is 14.1 Å². The highest BCUT2D eigenvalue weighted by molar-refractivity contribution is 7.89. The number of ether oxygens (including phenoxy) is 1. The van der Waals surface area contributed by atoms with Crippen molar-refractivity contribution in [3.63, 3.8) is 0 Å². The van der Waals surface area contributed by atoms with Crippen LogP contribution >= 0.6 is 0 Å². The number of hydrogen-bond acceptors (Lipinski definition) is 8. The lowest BCUT2D eigenvalue weighted by molar-refractivity contribution is -0.269. The molecule has 2 aromatic rings. The van der Waals surface area contributed by atoms with Crippen LogP contribution in [0.4, 0.5) is 22.0 Å². The van der Waals surface area contributed by atoms with Crippen LogP contribution in [0.25, 0.3) is 0 Å². The molecule has 4 N–H and O–H groups in total. The Morgan fingerprint density at radius 1 is 1.16 bits per heavy atom. The molecule has 0 radical (unpaired) electrons. The standard InChI is InChI=1S/C18H19F5N4O3S.C2H2O4/c1-31(28,29)27-7-9-6-26(8-14(9)25-27)15-5-13(24)16(30-17(15)18(21,22)23)11-4-10(19)2-3-12(11)20;3-1(4)2(5)6/h2-4,7,13,15-17H,5-6,8,24H2,1H3;(H,3,4)(H,5,6)/t13-,15+,16+,17-;/m0./s1. The van der Waals surface area contributed by atoms with Gasteiger partial charge in [0.25, 0.3) is 10.0 Å². The molecule has 1 aromatic carbocycles. The topological polar surface area (TPSA) is 165 Å². The van der Waals surface area contributed by atoms with Crippen LogP contribution in [0.3, 0.4) is 0 Å². The first-order valence-corrected chi connectivity index (χ1v) is 12.2. The van der Waals surface area contributed by atoms with E-state index >= 15 is 0 Å². The second-order valence-corrected chi connectivity index (χ2v) is 10.2. The summed E-state index contributed by atoms with van der Waals surface area (Å²) in [5.41, 5.74) is 6.51. The van der Waals surface area contributed by atoms with E-state index in [4.69, 9.17) is 30.3 Å². The van der Waals surface area contributed by atoms with Crippen LogP contribution in [0, 0.1) is 11.6 Å². The first kappa shape index (κ1) is 28.4. The molecule has 0 saturated carbocycles. The van der Waals surface area contributed by atoms with E-state index < -0.39 is 64.1 Å². The van der Waals surface area contributed by atoms with E-state index in [2.05, 4.69) is 5.10 Å². The van der Waals surface area contributed by atoms with Crippen LogP contribution in [-0.2, 0) is 37.4 Å². The van der Waals surface area contributed by atoms with Gasteiger partial charge in [0.15, 0.2) is 6.10 Å². The van der Waals surface area contributed by atoms with E-state index in [0.717, 1.165) is 28.5 Å². The van der Waals surface area contributed by atoms with Gasteiger partial charge < -0.3 is 20.7 Å². The van der Waals surface area contributed by atoms with E-state index in [1.807, 2.05) is 0 Å². The zero-order chi connectivity index (χ0) is 27.9. The lowest BCUT2D eigenvalue weighted by atomic mass is 9.89. The summed E-state index contributed by atoms with van der Waals surface area (Å²) >= 11 is 0. The Morgan fingerprint density at radius 3 is 2.30 bits per heavy atom. The number of nitrogens with zero attached hydrogens (tertiary/aromatic N) is 3. The van der Waals surface area contributed by atoms with Gasteiger partial charge in [-0.05, 0) is 24.6 Å². The second kappa shape index (κ2) is 10.3. The molecule has 1 aromatic heterocycles. The maximum atomic E-state index is 14.2. The van der Waals surface area contributed by atoms with E-state index in [0.29, 0.717) is 11.3 Å². The van der Waals surface area contributed by atoms with Crippen LogP contribution in [0.1, 0.15) is 29.3 Å². The molecular formula is C20H21F5N4O7S. The maximum Gasteiger partial charge on any atom is 0.416 e. The molecule has 0 spiro atoms. The molecular weight excluding hydrogens is 535 g/mol. The summed E-state index contributed by atoms with van der Waals surface area (Å²) in [4.78, 5) is 19.7. The third-order valence-corrected chi connectivity index (χ3v) is 6.57. The predicted molar refractivity (Wildman–Crippen MR) is 113 cm³/mol. The third kappa shape index (κ3) is 6.41. The maximum absolute atomic E-state index is 14.2. The van der Waals surface area contributed by atoms with E-state index in [1.54, 1.807) is 0 Å². The van der Waals surface area contributed by atoms with Gasteiger partial charge in [-0.3, -0.25) is 4.90 Å². The summed E-state index contributed by atoms with van der Waals surface area (Å²) in [6.45, 7) is 0.00134. The van der Waals surface area contributed by atoms with E-state index in [-0.39, 0.29) is 25.1 Å². The van der Waals surface area contributed by atoms with Crippen molar-refractivity contribution in [2.75, 3.05) is 6.26 Å². The van der Waals surface area contributed by atoms with Gasteiger partial charge in [-0.15, -0.1) is 0 Å². The van der Waals surface area contributed by atoms with Crippen LogP contribution < -0.4 is 5.73 Å². The Labute approximate surface area is 206 Å². The second-order valence-electron chi connectivity index (χ2n) is 8.40. The molecule has 37 heavy (non-hydrogen) atoms. The number of aromatic nitrogens is 2. The minimum absolute atomic E-state index is 0.0236. The highest BCUT2D eigenvalue weighted by Crippen LogP contribution is 2.42. The smallest absolute Gasteiger partial charge is 0.416 e. The lowest BCUT2D eigenvalue weighted by Crippen LogP contribution is -2.58. The quantitative estimate of drug-likeness (QED) is 0.370. The largest absolute Gasteiger partial charge is 0.473 e. The number of fused-ring (bicyclic) bond motifs is 1. The molecule has 2 aliphatic heterocycles. The zero-order valence-corrected chi connectivity index (χ0v) is 19.7. The number of benzene rings is 1.